The molecule has 18 heavy (non-hydrogen) atoms. The molecule has 0 bridgehead atoms. The molecule has 1 unspecified atom stereocenters. The normalized spacial score (nSPS) is 25.1. The molecule has 1 saturated heterocycles. The molecule has 1 atom stereocenters. The zero-order valence-corrected chi connectivity index (χ0v) is 11.3. The average molecular weight is 246 g/mol. The van der Waals surface area contributed by atoms with Crippen LogP contribution in [0.2, 0.25) is 0 Å². The predicted molar refractivity (Wildman–Crippen MR) is 74.3 cm³/mol. The second-order valence-corrected chi connectivity index (χ2v) is 5.70. The molecule has 0 saturated carbocycles. The van der Waals surface area contributed by atoms with Crippen molar-refractivity contribution in [2.75, 3.05) is 32.1 Å². The van der Waals surface area contributed by atoms with E-state index < -0.39 is 0 Å². The summed E-state index contributed by atoms with van der Waals surface area (Å²) in [7, 11) is 2.21. The molecule has 3 rings (SSSR count). The van der Waals surface area contributed by atoms with Gasteiger partial charge in [0.15, 0.2) is 0 Å². The van der Waals surface area contributed by atoms with Crippen molar-refractivity contribution in [1.29, 1.82) is 0 Å². The number of ether oxygens (including phenoxy) is 1. The van der Waals surface area contributed by atoms with E-state index in [9.17, 15) is 0 Å². The zero-order valence-electron chi connectivity index (χ0n) is 11.3. The van der Waals surface area contributed by atoms with E-state index >= 15 is 0 Å². The Morgan fingerprint density at radius 1 is 1.28 bits per heavy atom. The van der Waals surface area contributed by atoms with E-state index in [0.717, 1.165) is 18.3 Å². The van der Waals surface area contributed by atoms with Crippen molar-refractivity contribution in [2.24, 2.45) is 5.92 Å². The number of hydrogen-bond donors (Lipinski definition) is 1. The largest absolute Gasteiger partial charge is 0.489 e. The minimum atomic E-state index is 0.480. The van der Waals surface area contributed by atoms with E-state index in [1.165, 1.54) is 37.2 Å². The number of aryl methyl sites for hydroxylation is 1. The summed E-state index contributed by atoms with van der Waals surface area (Å²) in [6, 6.07) is 6.85. The summed E-state index contributed by atoms with van der Waals surface area (Å²) in [5.74, 6) is 1.75. The summed E-state index contributed by atoms with van der Waals surface area (Å²) in [5, 5.41) is 3.68. The number of rotatable bonds is 1. The van der Waals surface area contributed by atoms with E-state index in [0.29, 0.717) is 6.04 Å². The van der Waals surface area contributed by atoms with Crippen molar-refractivity contribution in [3.05, 3.63) is 23.8 Å². The number of fused-ring (bicyclic) bond motifs is 1. The maximum absolute atomic E-state index is 5.90. The molecule has 98 valence electrons. The lowest BCUT2D eigenvalue weighted by Gasteiger charge is -2.37. The van der Waals surface area contributed by atoms with Crippen molar-refractivity contribution >= 4 is 5.69 Å². The van der Waals surface area contributed by atoms with Crippen molar-refractivity contribution < 1.29 is 4.74 Å². The van der Waals surface area contributed by atoms with Gasteiger partial charge in [-0.2, -0.15) is 0 Å². The van der Waals surface area contributed by atoms with Crippen molar-refractivity contribution in [3.8, 4) is 5.75 Å². The Balaban J connectivity index is 1.70. The molecule has 1 aromatic carbocycles. The maximum Gasteiger partial charge on any atom is 0.142 e. The number of piperidine rings is 1. The molecule has 0 amide bonds. The highest BCUT2D eigenvalue weighted by molar-refractivity contribution is 5.60. The SMILES string of the molecule is Cc1ccc2c(c1)NC(C1CCN(C)CC1)CO2. The molecular weight excluding hydrogens is 224 g/mol. The lowest BCUT2D eigenvalue weighted by molar-refractivity contribution is 0.168. The Morgan fingerprint density at radius 2 is 2.06 bits per heavy atom. The Morgan fingerprint density at radius 3 is 2.83 bits per heavy atom. The fourth-order valence-corrected chi connectivity index (χ4v) is 2.99. The standard InChI is InChI=1S/C15H22N2O/c1-11-3-4-15-13(9-11)16-14(10-18-15)12-5-7-17(2)8-6-12/h3-4,9,12,14,16H,5-8,10H2,1-2H3. The van der Waals surface area contributed by atoms with Gasteiger partial charge >= 0.3 is 0 Å². The van der Waals surface area contributed by atoms with Crippen LogP contribution in [0.4, 0.5) is 5.69 Å². The first-order valence-electron chi connectivity index (χ1n) is 6.91. The molecule has 2 aliphatic rings. The second kappa shape index (κ2) is 4.81. The van der Waals surface area contributed by atoms with E-state index in [1.807, 2.05) is 0 Å². The Hall–Kier alpha value is -1.22. The van der Waals surface area contributed by atoms with Crippen LogP contribution in [0.15, 0.2) is 18.2 Å². The summed E-state index contributed by atoms with van der Waals surface area (Å²) in [5.41, 5.74) is 2.46. The highest BCUT2D eigenvalue weighted by Gasteiger charge is 2.29. The van der Waals surface area contributed by atoms with Crippen LogP contribution in [-0.4, -0.2) is 37.7 Å². The summed E-state index contributed by atoms with van der Waals surface area (Å²) in [4.78, 5) is 2.41. The van der Waals surface area contributed by atoms with Gasteiger partial charge in [-0.25, -0.2) is 0 Å². The van der Waals surface area contributed by atoms with Crippen LogP contribution in [0.5, 0.6) is 5.75 Å². The lowest BCUT2D eigenvalue weighted by Crippen LogP contribution is -2.43. The Bertz CT molecular complexity index is 425. The highest BCUT2D eigenvalue weighted by Crippen LogP contribution is 2.33. The van der Waals surface area contributed by atoms with E-state index in [-0.39, 0.29) is 0 Å². The van der Waals surface area contributed by atoms with Crippen molar-refractivity contribution in [2.45, 2.75) is 25.8 Å². The third-order valence-electron chi connectivity index (χ3n) is 4.23. The number of nitrogens with zero attached hydrogens (tertiary/aromatic N) is 1. The monoisotopic (exact) mass is 246 g/mol. The van der Waals surface area contributed by atoms with Crippen LogP contribution in [0.1, 0.15) is 18.4 Å². The summed E-state index contributed by atoms with van der Waals surface area (Å²) in [6.45, 7) is 5.36. The molecular formula is C15H22N2O. The van der Waals surface area contributed by atoms with Crippen LogP contribution >= 0.6 is 0 Å². The quantitative estimate of drug-likeness (QED) is 0.824. The van der Waals surface area contributed by atoms with Gasteiger partial charge in [0.2, 0.25) is 0 Å². The number of nitrogens with one attached hydrogen (secondary N) is 1. The number of anilines is 1. The molecule has 2 aliphatic heterocycles. The predicted octanol–water partition coefficient (Wildman–Crippen LogP) is 2.51. The molecule has 0 radical (unpaired) electrons. The van der Waals surface area contributed by atoms with E-state index in [1.54, 1.807) is 0 Å². The maximum atomic E-state index is 5.90. The number of likely N-dealkylation sites (tertiary alicyclic amines) is 1. The van der Waals surface area contributed by atoms with Gasteiger partial charge in [0.1, 0.15) is 12.4 Å². The fourth-order valence-electron chi connectivity index (χ4n) is 2.99. The minimum Gasteiger partial charge on any atom is -0.489 e. The van der Waals surface area contributed by atoms with E-state index in [4.69, 9.17) is 4.74 Å². The van der Waals surface area contributed by atoms with Gasteiger partial charge in [0, 0.05) is 0 Å². The molecule has 1 fully saturated rings. The average Bonchev–Trinajstić information content (AvgIpc) is 2.38. The molecule has 0 aliphatic carbocycles. The summed E-state index contributed by atoms with van der Waals surface area (Å²) in [6.07, 6.45) is 2.55. The smallest absolute Gasteiger partial charge is 0.142 e. The van der Waals surface area contributed by atoms with Crippen LogP contribution in [0.25, 0.3) is 0 Å². The zero-order chi connectivity index (χ0) is 12.5. The molecule has 3 heteroatoms. The third-order valence-corrected chi connectivity index (χ3v) is 4.23. The van der Waals surface area contributed by atoms with Gasteiger partial charge in [-0.3, -0.25) is 0 Å². The first-order chi connectivity index (χ1) is 8.72. The molecule has 2 heterocycles. The summed E-state index contributed by atoms with van der Waals surface area (Å²) >= 11 is 0. The van der Waals surface area contributed by atoms with Gasteiger partial charge < -0.3 is 15.0 Å². The van der Waals surface area contributed by atoms with Crippen LogP contribution in [0, 0.1) is 12.8 Å². The molecule has 3 nitrogen and oxygen atoms in total. The minimum absolute atomic E-state index is 0.480. The third kappa shape index (κ3) is 2.32. The van der Waals surface area contributed by atoms with Crippen LogP contribution in [0.3, 0.4) is 0 Å². The number of benzene rings is 1. The Labute approximate surface area is 109 Å². The second-order valence-electron chi connectivity index (χ2n) is 5.70. The first-order valence-corrected chi connectivity index (χ1v) is 6.91. The van der Waals surface area contributed by atoms with Crippen molar-refractivity contribution in [1.82, 2.24) is 4.90 Å². The van der Waals surface area contributed by atoms with Crippen LogP contribution < -0.4 is 10.1 Å². The first kappa shape index (κ1) is 11.8. The topological polar surface area (TPSA) is 24.5 Å². The van der Waals surface area contributed by atoms with Gasteiger partial charge in [0.25, 0.3) is 0 Å². The highest BCUT2D eigenvalue weighted by atomic mass is 16.5. The van der Waals surface area contributed by atoms with Crippen molar-refractivity contribution in [3.63, 3.8) is 0 Å². The van der Waals surface area contributed by atoms with E-state index in [2.05, 4.69) is 42.4 Å². The van der Waals surface area contributed by atoms with Gasteiger partial charge in [-0.05, 0) is 63.5 Å². The summed E-state index contributed by atoms with van der Waals surface area (Å²) < 4.78 is 5.90. The Kier molecular flexibility index (Phi) is 3.16. The van der Waals surface area contributed by atoms with Gasteiger partial charge in [-0.1, -0.05) is 6.07 Å². The lowest BCUT2D eigenvalue weighted by atomic mass is 9.89. The number of hydrogen-bond acceptors (Lipinski definition) is 3. The van der Waals surface area contributed by atoms with Gasteiger partial charge in [-0.15, -0.1) is 0 Å². The molecule has 1 N–H and O–H groups in total. The molecule has 0 aromatic heterocycles. The fraction of sp³-hybridized carbons (Fsp3) is 0.600. The molecule has 0 spiro atoms. The van der Waals surface area contributed by atoms with Gasteiger partial charge in [0.05, 0.1) is 11.7 Å². The van der Waals surface area contributed by atoms with Crippen LogP contribution in [-0.2, 0) is 0 Å². The molecule has 1 aromatic rings.